The van der Waals surface area contributed by atoms with E-state index in [4.69, 9.17) is 4.74 Å². The number of carbonyl (C=O) groups is 3. The molecule has 4 aromatic rings. The SMILES string of the molecule is O=C1c2ccc(N3CC4(CCN(CC5CCN(c6ccc([C@@H]7c8ccc(O)cc8OC[C@@H]7c7cccc(F)c7F)cc6F)CC5)CC4)C3)cc2CN1N1C(=O)CCCC1=O. The van der Waals surface area contributed by atoms with Gasteiger partial charge in [-0.15, -0.1) is 0 Å². The van der Waals surface area contributed by atoms with E-state index < -0.39 is 23.5 Å². The first kappa shape index (κ1) is 38.6. The minimum atomic E-state index is -0.946. The number of hydrogen-bond acceptors (Lipinski definition) is 8. The fraction of sp³-hybridized carbons (Fsp3) is 0.426. The lowest BCUT2D eigenvalue weighted by atomic mass is 9.71. The van der Waals surface area contributed by atoms with E-state index in [0.717, 1.165) is 93.8 Å². The monoisotopic (exact) mass is 819 g/mol. The van der Waals surface area contributed by atoms with Gasteiger partial charge in [-0.05, 0) is 110 Å². The predicted octanol–water partition coefficient (Wildman–Crippen LogP) is 7.35. The molecule has 1 spiro atoms. The maximum absolute atomic E-state index is 16.1. The number of likely N-dealkylation sites (tertiary alicyclic amines) is 1. The van der Waals surface area contributed by atoms with E-state index in [0.29, 0.717) is 40.5 Å². The van der Waals surface area contributed by atoms with Crippen molar-refractivity contribution in [1.29, 1.82) is 0 Å². The van der Waals surface area contributed by atoms with Gasteiger partial charge in [-0.3, -0.25) is 14.4 Å². The molecule has 60 heavy (non-hydrogen) atoms. The van der Waals surface area contributed by atoms with E-state index in [1.165, 1.54) is 29.3 Å². The molecule has 4 saturated heterocycles. The van der Waals surface area contributed by atoms with Crippen molar-refractivity contribution in [3.63, 3.8) is 0 Å². The number of phenols is 1. The Kier molecular flexibility index (Phi) is 9.76. The molecule has 1 N–H and O–H groups in total. The lowest BCUT2D eigenvalue weighted by Gasteiger charge is -2.55. The van der Waals surface area contributed by atoms with E-state index in [-0.39, 0.29) is 66.3 Å². The maximum atomic E-state index is 16.1. The van der Waals surface area contributed by atoms with Crippen molar-refractivity contribution in [2.75, 3.05) is 62.2 Å². The van der Waals surface area contributed by atoms with Crippen LogP contribution in [0.3, 0.4) is 0 Å². The molecule has 10 nitrogen and oxygen atoms in total. The van der Waals surface area contributed by atoms with Crippen LogP contribution in [0.25, 0.3) is 0 Å². The number of aromatic hydroxyl groups is 1. The number of nitrogens with zero attached hydrogens (tertiary/aromatic N) is 5. The smallest absolute Gasteiger partial charge is 0.273 e. The zero-order valence-electron chi connectivity index (χ0n) is 33.4. The molecule has 6 heterocycles. The molecule has 0 aliphatic carbocycles. The van der Waals surface area contributed by atoms with Crippen LogP contribution in [-0.4, -0.2) is 90.2 Å². The minimum Gasteiger partial charge on any atom is -0.508 e. The topological polar surface area (TPSA) is 96.9 Å². The largest absolute Gasteiger partial charge is 0.508 e. The Morgan fingerprint density at radius 2 is 1.55 bits per heavy atom. The highest BCUT2D eigenvalue weighted by Crippen LogP contribution is 2.49. The third-order valence-corrected chi connectivity index (χ3v) is 14.0. The number of carbonyl (C=O) groups excluding carboxylic acids is 3. The van der Waals surface area contributed by atoms with Crippen LogP contribution in [-0.2, 0) is 16.1 Å². The summed E-state index contributed by atoms with van der Waals surface area (Å²) < 4.78 is 51.5. The molecule has 6 aliphatic heterocycles. The van der Waals surface area contributed by atoms with E-state index in [1.54, 1.807) is 12.1 Å². The average molecular weight is 820 g/mol. The number of hydrazine groups is 1. The fourth-order valence-electron chi connectivity index (χ4n) is 10.7. The molecule has 13 heteroatoms. The molecule has 0 saturated carbocycles. The van der Waals surface area contributed by atoms with Crippen molar-refractivity contribution < 1.29 is 37.4 Å². The summed E-state index contributed by atoms with van der Waals surface area (Å²) >= 11 is 0. The second kappa shape index (κ2) is 15.2. The van der Waals surface area contributed by atoms with Crippen molar-refractivity contribution in [3.05, 3.63) is 118 Å². The van der Waals surface area contributed by atoms with Gasteiger partial charge in [0.15, 0.2) is 11.6 Å². The van der Waals surface area contributed by atoms with Gasteiger partial charge >= 0.3 is 0 Å². The normalized spacial score (nSPS) is 23.1. The molecule has 3 amide bonds. The highest BCUT2D eigenvalue weighted by molar-refractivity contribution is 6.04. The van der Waals surface area contributed by atoms with Crippen LogP contribution in [0.1, 0.15) is 89.4 Å². The Balaban J connectivity index is 0.730. The number of ether oxygens (including phenoxy) is 1. The molecule has 0 bridgehead atoms. The van der Waals surface area contributed by atoms with Gasteiger partial charge < -0.3 is 24.5 Å². The second-order valence-electron chi connectivity index (χ2n) is 17.7. The lowest BCUT2D eigenvalue weighted by Crippen LogP contribution is -2.60. The van der Waals surface area contributed by atoms with Crippen LogP contribution in [0.4, 0.5) is 24.5 Å². The zero-order chi connectivity index (χ0) is 41.3. The van der Waals surface area contributed by atoms with Gasteiger partial charge in [0.2, 0.25) is 11.8 Å². The summed E-state index contributed by atoms with van der Waals surface area (Å²) in [6, 6.07) is 19.9. The average Bonchev–Trinajstić information content (AvgIpc) is 3.55. The van der Waals surface area contributed by atoms with Crippen LogP contribution in [0.15, 0.2) is 72.8 Å². The maximum Gasteiger partial charge on any atom is 0.273 e. The van der Waals surface area contributed by atoms with Crippen LogP contribution in [0, 0.1) is 28.8 Å². The molecule has 4 aromatic carbocycles. The number of amides is 3. The molecule has 4 fully saturated rings. The Labute approximate surface area is 347 Å². The number of imide groups is 1. The first-order chi connectivity index (χ1) is 29.0. The van der Waals surface area contributed by atoms with Crippen LogP contribution in [0.2, 0.25) is 0 Å². The fourth-order valence-corrected chi connectivity index (χ4v) is 10.7. The number of piperidine rings is 3. The zero-order valence-corrected chi connectivity index (χ0v) is 33.4. The summed E-state index contributed by atoms with van der Waals surface area (Å²) in [7, 11) is 0. The number of halogens is 3. The molecule has 0 aromatic heterocycles. The number of rotatable bonds is 7. The van der Waals surface area contributed by atoms with Gasteiger partial charge in [0.25, 0.3) is 5.91 Å². The van der Waals surface area contributed by atoms with Crippen LogP contribution >= 0.6 is 0 Å². The predicted molar refractivity (Wildman–Crippen MR) is 218 cm³/mol. The van der Waals surface area contributed by atoms with Gasteiger partial charge in [0.1, 0.15) is 17.3 Å². The third kappa shape index (κ3) is 6.84. The number of phenolic OH excluding ortho intramolecular Hbond substituents is 1. The van der Waals surface area contributed by atoms with Gasteiger partial charge in [-0.2, -0.15) is 5.01 Å². The number of fused-ring (bicyclic) bond motifs is 2. The van der Waals surface area contributed by atoms with E-state index in [1.807, 2.05) is 30.3 Å². The standard InChI is InChI=1S/C47H48F3N5O5/c48-38-4-1-3-35(45(38)50)37-26-60-41-23-33(56)9-11-36(41)44(37)30-7-12-40(39(49)22-30)52-17-13-29(14-18-52)24-51-19-15-47(16-20-51)27-53(28-47)32-8-10-34-31(21-32)25-54(46(34)59)55-42(57)5-2-6-43(55)58/h1,3-4,7-12,21-23,29,37,44,56H,2,5-6,13-20,24-28H2/t37-,44-/m1/s1. The quantitative estimate of drug-likeness (QED) is 0.194. The van der Waals surface area contributed by atoms with Crippen LogP contribution in [0.5, 0.6) is 11.5 Å². The van der Waals surface area contributed by atoms with E-state index >= 15 is 8.78 Å². The van der Waals surface area contributed by atoms with Crippen molar-refractivity contribution in [2.24, 2.45) is 11.3 Å². The summed E-state index contributed by atoms with van der Waals surface area (Å²) in [6.45, 7) is 6.84. The summed E-state index contributed by atoms with van der Waals surface area (Å²) in [6.07, 6.45) is 5.26. The summed E-state index contributed by atoms with van der Waals surface area (Å²) in [5, 5.41) is 12.5. The Hall–Kier alpha value is -5.56. The van der Waals surface area contributed by atoms with Gasteiger partial charge in [0, 0.05) is 85.7 Å². The van der Waals surface area contributed by atoms with Crippen LogP contribution < -0.4 is 14.5 Å². The highest BCUT2D eigenvalue weighted by atomic mass is 19.2. The lowest BCUT2D eigenvalue weighted by molar-refractivity contribution is -0.163. The first-order valence-electron chi connectivity index (χ1n) is 21.3. The number of hydrogen-bond donors (Lipinski definition) is 1. The third-order valence-electron chi connectivity index (χ3n) is 14.0. The summed E-state index contributed by atoms with van der Waals surface area (Å²) in [5.74, 6) is -3.29. The summed E-state index contributed by atoms with van der Waals surface area (Å²) in [4.78, 5) is 45.2. The molecule has 10 rings (SSSR count). The van der Waals surface area contributed by atoms with Gasteiger partial charge in [0.05, 0.1) is 18.8 Å². The second-order valence-corrected chi connectivity index (χ2v) is 17.7. The number of benzene rings is 4. The molecular weight excluding hydrogens is 772 g/mol. The molecular formula is C47H48F3N5O5. The van der Waals surface area contributed by atoms with Crippen molar-refractivity contribution in [2.45, 2.75) is 63.3 Å². The number of anilines is 2. The van der Waals surface area contributed by atoms with Crippen molar-refractivity contribution >= 4 is 29.1 Å². The highest BCUT2D eigenvalue weighted by Gasteiger charge is 2.46. The van der Waals surface area contributed by atoms with Crippen molar-refractivity contribution in [3.8, 4) is 11.5 Å². The Morgan fingerprint density at radius 1 is 0.783 bits per heavy atom. The van der Waals surface area contributed by atoms with E-state index in [9.17, 15) is 23.9 Å². The molecule has 312 valence electrons. The van der Waals surface area contributed by atoms with Gasteiger partial charge in [-0.1, -0.05) is 24.3 Å². The van der Waals surface area contributed by atoms with Gasteiger partial charge in [-0.25, -0.2) is 18.2 Å². The Morgan fingerprint density at radius 3 is 2.30 bits per heavy atom. The minimum absolute atomic E-state index is 0.0264. The molecule has 0 radical (unpaired) electrons. The van der Waals surface area contributed by atoms with E-state index in [2.05, 4.69) is 14.7 Å². The first-order valence-corrected chi connectivity index (χ1v) is 21.3. The molecule has 0 unspecified atom stereocenters. The van der Waals surface area contributed by atoms with Crippen molar-refractivity contribution in [1.82, 2.24) is 14.9 Å². The molecule has 6 aliphatic rings. The Bertz CT molecular complexity index is 2350. The molecule has 2 atom stereocenters. The summed E-state index contributed by atoms with van der Waals surface area (Å²) in [5.41, 5.74) is 4.77.